The second-order valence-corrected chi connectivity index (χ2v) is 9.94. The molecule has 9 nitrogen and oxygen atoms in total. The Kier molecular flexibility index (Phi) is 5.86. The molecule has 36 heavy (non-hydrogen) atoms. The Balaban J connectivity index is 1.39. The average molecular weight is 520 g/mol. The molecule has 5 rings (SSSR count). The van der Waals surface area contributed by atoms with E-state index in [4.69, 9.17) is 16.2 Å². The fraction of sp³-hybridized carbons (Fsp3) is 0.391. The van der Waals surface area contributed by atoms with Gasteiger partial charge in [0.05, 0.1) is 10.9 Å². The van der Waals surface area contributed by atoms with Gasteiger partial charge in [-0.3, -0.25) is 9.36 Å². The molecule has 1 atom stereocenters. The van der Waals surface area contributed by atoms with E-state index in [1.54, 1.807) is 0 Å². The number of nitrogen functional groups attached to an aromatic ring is 1. The lowest BCUT2D eigenvalue weighted by Gasteiger charge is -2.41. The number of nitrogens with zero attached hydrogens (tertiary/aromatic N) is 5. The SMILES string of the molecule is Cc1ncc(Sc2c(N)nc(N3CCC4(CC3)Oc3ccccc3[C@H]4N)n(C)c2=O)c(C(F)(F)F)n1. The third kappa shape index (κ3) is 4.05. The zero-order valence-corrected chi connectivity index (χ0v) is 20.4. The van der Waals surface area contributed by atoms with Crippen molar-refractivity contribution in [2.75, 3.05) is 23.7 Å². The summed E-state index contributed by atoms with van der Waals surface area (Å²) in [6, 6.07) is 7.44. The van der Waals surface area contributed by atoms with E-state index in [0.29, 0.717) is 43.6 Å². The number of nitrogens with two attached hydrogens (primary N) is 2. The minimum atomic E-state index is -4.71. The molecular formula is C23H24F3N7O2S. The number of para-hydroxylation sites is 1. The summed E-state index contributed by atoms with van der Waals surface area (Å²) in [5, 5.41) is 0. The van der Waals surface area contributed by atoms with Crippen LogP contribution in [0.4, 0.5) is 24.9 Å². The number of rotatable bonds is 3. The van der Waals surface area contributed by atoms with E-state index in [-0.39, 0.29) is 27.5 Å². The largest absolute Gasteiger partial charge is 0.485 e. The quantitative estimate of drug-likeness (QED) is 0.537. The standard InChI is InChI=1S/C23H24F3N7O2S/c1-12-29-11-15(18(30-12)23(24,25)26)36-16-19(28)31-21(32(2)20(16)34)33-9-7-22(8-10-33)17(27)13-5-3-4-6-14(13)35-22/h3-6,11,17H,7-10,27-28H2,1-2H3/t17-/m1/s1. The number of fused-ring (bicyclic) bond motifs is 1. The van der Waals surface area contributed by atoms with Crippen LogP contribution in [-0.4, -0.2) is 38.2 Å². The Morgan fingerprint density at radius 2 is 1.89 bits per heavy atom. The number of anilines is 2. The molecule has 2 aromatic heterocycles. The first-order chi connectivity index (χ1) is 17.0. The fourth-order valence-electron chi connectivity index (χ4n) is 4.71. The smallest absolute Gasteiger partial charge is 0.434 e. The van der Waals surface area contributed by atoms with Gasteiger partial charge in [0.1, 0.15) is 27.9 Å². The van der Waals surface area contributed by atoms with E-state index >= 15 is 0 Å². The third-order valence-electron chi connectivity index (χ3n) is 6.63. The Morgan fingerprint density at radius 3 is 2.56 bits per heavy atom. The maximum Gasteiger partial charge on any atom is 0.434 e. The van der Waals surface area contributed by atoms with Gasteiger partial charge >= 0.3 is 6.18 Å². The van der Waals surface area contributed by atoms with Crippen molar-refractivity contribution in [2.45, 2.75) is 47.4 Å². The summed E-state index contributed by atoms with van der Waals surface area (Å²) in [5.41, 5.74) is 11.4. The van der Waals surface area contributed by atoms with Crippen molar-refractivity contribution in [3.8, 4) is 5.75 Å². The number of aryl methyl sites for hydroxylation is 1. The van der Waals surface area contributed by atoms with Crippen LogP contribution < -0.4 is 26.7 Å². The van der Waals surface area contributed by atoms with Crippen LogP contribution in [0.5, 0.6) is 5.75 Å². The van der Waals surface area contributed by atoms with Gasteiger partial charge in [0, 0.05) is 44.7 Å². The topological polar surface area (TPSA) is 125 Å². The van der Waals surface area contributed by atoms with E-state index in [1.807, 2.05) is 29.2 Å². The molecule has 0 unspecified atom stereocenters. The van der Waals surface area contributed by atoms with Gasteiger partial charge in [-0.05, 0) is 13.0 Å². The zero-order chi connectivity index (χ0) is 25.8. The fourth-order valence-corrected chi connectivity index (χ4v) is 5.66. The van der Waals surface area contributed by atoms with E-state index in [0.717, 1.165) is 17.5 Å². The second-order valence-electron chi connectivity index (χ2n) is 8.89. The van der Waals surface area contributed by atoms with Crippen LogP contribution in [0.1, 0.15) is 36.0 Å². The maximum atomic E-state index is 13.5. The van der Waals surface area contributed by atoms with Crippen molar-refractivity contribution >= 4 is 23.5 Å². The number of piperidine rings is 1. The van der Waals surface area contributed by atoms with Crippen LogP contribution in [0.2, 0.25) is 0 Å². The number of benzene rings is 1. The van der Waals surface area contributed by atoms with E-state index < -0.39 is 23.0 Å². The Labute approximate surface area is 208 Å². The van der Waals surface area contributed by atoms with Crippen molar-refractivity contribution in [3.05, 3.63) is 57.9 Å². The zero-order valence-electron chi connectivity index (χ0n) is 19.5. The minimum absolute atomic E-state index is 0.0297. The van der Waals surface area contributed by atoms with Crippen molar-refractivity contribution in [1.82, 2.24) is 19.5 Å². The van der Waals surface area contributed by atoms with Gasteiger partial charge < -0.3 is 21.1 Å². The van der Waals surface area contributed by atoms with Crippen molar-refractivity contribution < 1.29 is 17.9 Å². The van der Waals surface area contributed by atoms with Crippen LogP contribution in [0.3, 0.4) is 0 Å². The molecule has 2 aliphatic heterocycles. The Morgan fingerprint density at radius 1 is 1.19 bits per heavy atom. The lowest BCUT2D eigenvalue weighted by molar-refractivity contribution is -0.143. The maximum absolute atomic E-state index is 13.5. The molecule has 0 aliphatic carbocycles. The van der Waals surface area contributed by atoms with Gasteiger partial charge in [-0.2, -0.15) is 18.2 Å². The summed E-state index contributed by atoms with van der Waals surface area (Å²) in [6.45, 7) is 2.38. The number of hydrogen-bond acceptors (Lipinski definition) is 9. The molecule has 2 aliphatic rings. The monoisotopic (exact) mass is 519 g/mol. The molecule has 1 spiro atoms. The lowest BCUT2D eigenvalue weighted by atomic mass is 9.83. The highest BCUT2D eigenvalue weighted by molar-refractivity contribution is 7.99. The molecule has 0 saturated carbocycles. The molecule has 0 amide bonds. The number of halogens is 3. The number of hydrogen-bond donors (Lipinski definition) is 2. The lowest BCUT2D eigenvalue weighted by Crippen LogP contribution is -2.52. The predicted molar refractivity (Wildman–Crippen MR) is 128 cm³/mol. The molecular weight excluding hydrogens is 495 g/mol. The highest BCUT2D eigenvalue weighted by Crippen LogP contribution is 2.47. The highest BCUT2D eigenvalue weighted by atomic mass is 32.2. The molecule has 4 N–H and O–H groups in total. The minimum Gasteiger partial charge on any atom is -0.485 e. The van der Waals surface area contributed by atoms with Crippen LogP contribution in [0, 0.1) is 6.92 Å². The molecule has 13 heteroatoms. The van der Waals surface area contributed by atoms with Gasteiger partial charge in [0.25, 0.3) is 5.56 Å². The first-order valence-corrected chi connectivity index (χ1v) is 12.1. The molecule has 1 saturated heterocycles. The molecule has 1 aromatic carbocycles. The van der Waals surface area contributed by atoms with Crippen LogP contribution in [0.25, 0.3) is 0 Å². The van der Waals surface area contributed by atoms with E-state index in [2.05, 4.69) is 15.0 Å². The molecule has 0 radical (unpaired) electrons. The summed E-state index contributed by atoms with van der Waals surface area (Å²) in [4.78, 5) is 26.4. The van der Waals surface area contributed by atoms with Crippen LogP contribution >= 0.6 is 11.8 Å². The second kappa shape index (κ2) is 8.66. The van der Waals surface area contributed by atoms with Gasteiger partial charge in [-0.1, -0.05) is 30.0 Å². The highest BCUT2D eigenvalue weighted by Gasteiger charge is 2.48. The van der Waals surface area contributed by atoms with Gasteiger partial charge in [-0.25, -0.2) is 9.97 Å². The Hall–Kier alpha value is -3.32. The summed E-state index contributed by atoms with van der Waals surface area (Å²) in [5.74, 6) is 0.927. The van der Waals surface area contributed by atoms with Crippen molar-refractivity contribution in [2.24, 2.45) is 12.8 Å². The third-order valence-corrected chi connectivity index (χ3v) is 7.74. The van der Waals surface area contributed by atoms with Gasteiger partial charge in [0.15, 0.2) is 5.69 Å². The summed E-state index contributed by atoms with van der Waals surface area (Å²) < 4.78 is 48.1. The van der Waals surface area contributed by atoms with Gasteiger partial charge in [0.2, 0.25) is 5.95 Å². The van der Waals surface area contributed by atoms with Crippen molar-refractivity contribution in [1.29, 1.82) is 0 Å². The molecule has 1 fully saturated rings. The Bertz CT molecular complexity index is 1390. The van der Waals surface area contributed by atoms with Crippen LogP contribution in [-0.2, 0) is 13.2 Å². The first kappa shape index (κ1) is 24.4. The number of aromatic nitrogens is 4. The van der Waals surface area contributed by atoms with E-state index in [9.17, 15) is 18.0 Å². The van der Waals surface area contributed by atoms with Gasteiger partial charge in [-0.15, -0.1) is 0 Å². The molecule has 4 heterocycles. The van der Waals surface area contributed by atoms with E-state index in [1.165, 1.54) is 18.5 Å². The summed E-state index contributed by atoms with van der Waals surface area (Å²) in [7, 11) is 1.52. The predicted octanol–water partition coefficient (Wildman–Crippen LogP) is 3.06. The molecule has 190 valence electrons. The summed E-state index contributed by atoms with van der Waals surface area (Å²) >= 11 is 0.560. The summed E-state index contributed by atoms with van der Waals surface area (Å²) in [6.07, 6.45) is -2.47. The molecule has 0 bridgehead atoms. The molecule has 3 aromatic rings. The van der Waals surface area contributed by atoms with Crippen molar-refractivity contribution in [3.63, 3.8) is 0 Å². The number of alkyl halides is 3. The number of ether oxygens (including phenoxy) is 1. The average Bonchev–Trinajstić information content (AvgIpc) is 3.11. The first-order valence-electron chi connectivity index (χ1n) is 11.2. The normalized spacial score (nSPS) is 18.8. The van der Waals surface area contributed by atoms with Crippen LogP contribution in [0.15, 0.2) is 45.0 Å².